The summed E-state index contributed by atoms with van der Waals surface area (Å²) in [7, 11) is -3.46. The van der Waals surface area contributed by atoms with Gasteiger partial charge in [-0.15, -0.1) is 0 Å². The van der Waals surface area contributed by atoms with Gasteiger partial charge >= 0.3 is 6.09 Å². The number of benzene rings is 3. The average molecular weight is 634 g/mol. The van der Waals surface area contributed by atoms with E-state index in [0.717, 1.165) is 44.5 Å². The van der Waals surface area contributed by atoms with Gasteiger partial charge in [0.1, 0.15) is 0 Å². The van der Waals surface area contributed by atoms with E-state index in [1.807, 2.05) is 37.3 Å². The molecule has 240 valence electrons. The second-order valence-electron chi connectivity index (χ2n) is 12.2. The molecule has 1 fully saturated rings. The van der Waals surface area contributed by atoms with E-state index in [1.54, 1.807) is 36.4 Å². The largest absolute Gasteiger partial charge is 0.465 e. The van der Waals surface area contributed by atoms with Gasteiger partial charge in [0.05, 0.1) is 15.1 Å². The monoisotopic (exact) mass is 633 g/mol. The van der Waals surface area contributed by atoms with Gasteiger partial charge < -0.3 is 14.9 Å². The molecule has 4 rings (SSSR count). The van der Waals surface area contributed by atoms with Crippen molar-refractivity contribution in [3.63, 3.8) is 0 Å². The van der Waals surface area contributed by atoms with Gasteiger partial charge in [-0.05, 0) is 86.8 Å². The van der Waals surface area contributed by atoms with Gasteiger partial charge in [0.25, 0.3) is 5.69 Å². The Kier molecular flexibility index (Phi) is 11.5. The minimum atomic E-state index is -3.46. The summed E-state index contributed by atoms with van der Waals surface area (Å²) in [5.41, 5.74) is 1.50. The SMILES string of the molecule is CC(CC(C)(CCN1CCC(C=CCN(Cc2ccc([N+](=O)[O-])cc2)C(=O)O)CC1)c1ccccc1)S(=O)(=O)c1ccccc1. The second kappa shape index (κ2) is 15.3. The number of piperidine rings is 1. The first-order valence-corrected chi connectivity index (χ1v) is 17.0. The number of carbonyl (C=O) groups is 1. The van der Waals surface area contributed by atoms with Crippen LogP contribution < -0.4 is 0 Å². The van der Waals surface area contributed by atoms with Gasteiger partial charge in [-0.25, -0.2) is 13.2 Å². The molecule has 1 aliphatic heterocycles. The summed E-state index contributed by atoms with van der Waals surface area (Å²) in [6.45, 7) is 7.10. The number of carboxylic acid groups (broad SMARTS) is 1. The van der Waals surface area contributed by atoms with Gasteiger partial charge in [-0.1, -0.05) is 79.7 Å². The van der Waals surface area contributed by atoms with Crippen molar-refractivity contribution in [3.8, 4) is 0 Å². The highest BCUT2D eigenvalue weighted by atomic mass is 32.2. The van der Waals surface area contributed by atoms with Crippen LogP contribution in [-0.2, 0) is 21.8 Å². The zero-order chi connectivity index (χ0) is 32.5. The standard InChI is InChI=1S/C35H43N3O6S/c1-28(45(43,44)33-13-7-4-8-14-33)26-35(2,31-11-5-3-6-12-31)21-25-36-23-19-29(20-24-36)10-9-22-37(34(39)40)27-30-15-17-32(18-16-30)38(41)42/h3-18,28-29H,19-27H2,1-2H3,(H,39,40). The fourth-order valence-electron chi connectivity index (χ4n) is 6.10. The number of allylic oxidation sites excluding steroid dienone is 1. The van der Waals surface area contributed by atoms with E-state index in [9.17, 15) is 28.4 Å². The fraction of sp³-hybridized carbons (Fsp3) is 0.400. The summed E-state index contributed by atoms with van der Waals surface area (Å²) in [6, 6.07) is 24.8. The van der Waals surface area contributed by atoms with Crippen molar-refractivity contribution in [2.45, 2.75) is 61.6 Å². The maximum atomic E-state index is 13.4. The fourth-order valence-corrected chi connectivity index (χ4v) is 7.69. The van der Waals surface area contributed by atoms with Crippen molar-refractivity contribution in [1.29, 1.82) is 0 Å². The first-order valence-electron chi connectivity index (χ1n) is 15.4. The summed E-state index contributed by atoms with van der Waals surface area (Å²) in [4.78, 5) is 26.3. The molecular weight excluding hydrogens is 590 g/mol. The lowest BCUT2D eigenvalue weighted by Gasteiger charge is -2.37. The molecule has 9 nitrogen and oxygen atoms in total. The molecule has 0 saturated carbocycles. The van der Waals surface area contributed by atoms with E-state index in [-0.39, 0.29) is 24.2 Å². The maximum absolute atomic E-state index is 13.4. The smallest absolute Gasteiger partial charge is 0.407 e. The lowest BCUT2D eigenvalue weighted by molar-refractivity contribution is -0.384. The number of hydrogen-bond acceptors (Lipinski definition) is 6. The van der Waals surface area contributed by atoms with Crippen LogP contribution in [-0.4, -0.2) is 65.8 Å². The van der Waals surface area contributed by atoms with Gasteiger partial charge in [0.15, 0.2) is 9.84 Å². The molecule has 3 aromatic rings. The van der Waals surface area contributed by atoms with Gasteiger partial charge in [0.2, 0.25) is 0 Å². The summed E-state index contributed by atoms with van der Waals surface area (Å²) in [5, 5.41) is 20.0. The molecule has 2 atom stereocenters. The molecule has 0 bridgehead atoms. The van der Waals surface area contributed by atoms with Crippen molar-refractivity contribution in [2.75, 3.05) is 26.2 Å². The second-order valence-corrected chi connectivity index (χ2v) is 14.6. The van der Waals surface area contributed by atoms with E-state index in [0.29, 0.717) is 22.8 Å². The lowest BCUT2D eigenvalue weighted by Crippen LogP contribution is -2.38. The van der Waals surface area contributed by atoms with E-state index in [2.05, 4.69) is 30.0 Å². The molecule has 3 aromatic carbocycles. The van der Waals surface area contributed by atoms with Gasteiger partial charge in [0, 0.05) is 25.2 Å². The molecule has 1 N–H and O–H groups in total. The molecule has 1 aliphatic rings. The Morgan fingerprint density at radius 3 is 2.22 bits per heavy atom. The third-order valence-electron chi connectivity index (χ3n) is 8.95. The van der Waals surface area contributed by atoms with Gasteiger partial charge in [-0.3, -0.25) is 10.1 Å². The molecular formula is C35H43N3O6S. The summed E-state index contributed by atoms with van der Waals surface area (Å²) in [5.74, 6) is 0.354. The molecule has 1 amide bonds. The number of nitrogens with zero attached hydrogens (tertiary/aromatic N) is 3. The summed E-state index contributed by atoms with van der Waals surface area (Å²) in [6.07, 6.45) is 6.25. The number of nitro benzene ring substituents is 1. The van der Waals surface area contributed by atoms with Crippen molar-refractivity contribution in [3.05, 3.63) is 118 Å². The molecule has 0 aromatic heterocycles. The Morgan fingerprint density at radius 2 is 1.64 bits per heavy atom. The van der Waals surface area contributed by atoms with Crippen LogP contribution in [0.5, 0.6) is 0 Å². The number of hydrogen-bond donors (Lipinski definition) is 1. The molecule has 0 aliphatic carbocycles. The Balaban J connectivity index is 1.31. The molecule has 2 unspecified atom stereocenters. The maximum Gasteiger partial charge on any atom is 0.407 e. The molecule has 1 heterocycles. The number of rotatable bonds is 14. The third kappa shape index (κ3) is 9.25. The third-order valence-corrected chi connectivity index (χ3v) is 11.1. The van der Waals surface area contributed by atoms with Crippen molar-refractivity contribution in [2.24, 2.45) is 5.92 Å². The van der Waals surface area contributed by atoms with E-state index >= 15 is 0 Å². The van der Waals surface area contributed by atoms with Crippen LogP contribution in [0.1, 0.15) is 50.7 Å². The predicted octanol–water partition coefficient (Wildman–Crippen LogP) is 6.94. The number of amides is 1. The highest BCUT2D eigenvalue weighted by molar-refractivity contribution is 7.92. The van der Waals surface area contributed by atoms with Crippen molar-refractivity contribution < 1.29 is 23.2 Å². The zero-order valence-electron chi connectivity index (χ0n) is 26.0. The minimum absolute atomic E-state index is 0.0258. The Hall–Kier alpha value is -4.02. The van der Waals surface area contributed by atoms with Crippen molar-refractivity contribution in [1.82, 2.24) is 9.80 Å². The van der Waals surface area contributed by atoms with Crippen LogP contribution in [0.15, 0.2) is 102 Å². The Bertz CT molecular complexity index is 1540. The van der Waals surface area contributed by atoms with Crippen molar-refractivity contribution >= 4 is 21.6 Å². The van der Waals surface area contributed by atoms with E-state index in [4.69, 9.17) is 0 Å². The number of nitro groups is 1. The molecule has 45 heavy (non-hydrogen) atoms. The molecule has 0 spiro atoms. The summed E-state index contributed by atoms with van der Waals surface area (Å²) >= 11 is 0. The average Bonchev–Trinajstić information content (AvgIpc) is 3.05. The van der Waals surface area contributed by atoms with Crippen LogP contribution in [0, 0.1) is 16.0 Å². The van der Waals surface area contributed by atoms with Crippen LogP contribution >= 0.6 is 0 Å². The van der Waals surface area contributed by atoms with E-state index < -0.39 is 26.1 Å². The quantitative estimate of drug-likeness (QED) is 0.116. The van der Waals surface area contributed by atoms with E-state index in [1.165, 1.54) is 17.0 Å². The summed E-state index contributed by atoms with van der Waals surface area (Å²) < 4.78 is 26.8. The van der Waals surface area contributed by atoms with Crippen LogP contribution in [0.3, 0.4) is 0 Å². The normalized spacial score (nSPS) is 16.7. The highest BCUT2D eigenvalue weighted by Crippen LogP contribution is 2.36. The number of likely N-dealkylation sites (tertiary alicyclic amines) is 1. The minimum Gasteiger partial charge on any atom is -0.465 e. The first kappa shape index (κ1) is 33.9. The predicted molar refractivity (Wildman–Crippen MR) is 176 cm³/mol. The molecule has 0 radical (unpaired) electrons. The van der Waals surface area contributed by atoms with Crippen LogP contribution in [0.4, 0.5) is 10.5 Å². The molecule has 1 saturated heterocycles. The molecule has 10 heteroatoms. The zero-order valence-corrected chi connectivity index (χ0v) is 26.8. The highest BCUT2D eigenvalue weighted by Gasteiger charge is 2.35. The van der Waals surface area contributed by atoms with Crippen LogP contribution in [0.2, 0.25) is 0 Å². The van der Waals surface area contributed by atoms with Gasteiger partial charge in [-0.2, -0.15) is 0 Å². The lowest BCUT2D eigenvalue weighted by atomic mass is 9.75. The number of non-ortho nitro benzene ring substituents is 1. The topological polar surface area (TPSA) is 121 Å². The Morgan fingerprint density at radius 1 is 1.04 bits per heavy atom. The van der Waals surface area contributed by atoms with Crippen LogP contribution in [0.25, 0.3) is 0 Å². The Labute approximate surface area is 266 Å². The number of sulfone groups is 1. The first-order chi connectivity index (χ1) is 21.5.